The zero-order valence-corrected chi connectivity index (χ0v) is 9.33. The topological polar surface area (TPSA) is 52.0 Å². The number of halogens is 3. The third-order valence-corrected chi connectivity index (χ3v) is 1.80. The second-order valence-corrected chi connectivity index (χ2v) is 2.83. The summed E-state index contributed by atoms with van der Waals surface area (Å²) in [6.45, 7) is 0.460. The standard InChI is InChI=1S/C8H11ClN2.2ClH/c9-7-3-1-6(2-4-7)8(11)5-10;;/h1-4,8H,5,10-11H2;2*1H/t8-;;/m1../s1. The number of nitrogens with two attached hydrogens (primary N) is 2. The van der Waals surface area contributed by atoms with Gasteiger partial charge in [-0.1, -0.05) is 23.7 Å². The molecule has 0 aliphatic heterocycles. The summed E-state index contributed by atoms with van der Waals surface area (Å²) in [5, 5.41) is 0.720. The Morgan fingerprint density at radius 3 is 2.00 bits per heavy atom. The van der Waals surface area contributed by atoms with Gasteiger partial charge in [0, 0.05) is 17.6 Å². The molecule has 0 aliphatic rings. The van der Waals surface area contributed by atoms with E-state index < -0.39 is 0 Å². The maximum atomic E-state index is 5.69. The molecule has 1 atom stereocenters. The van der Waals surface area contributed by atoms with Gasteiger partial charge in [0.1, 0.15) is 0 Å². The van der Waals surface area contributed by atoms with Gasteiger partial charge in [0.2, 0.25) is 0 Å². The fourth-order valence-electron chi connectivity index (χ4n) is 0.846. The largest absolute Gasteiger partial charge is 0.329 e. The van der Waals surface area contributed by atoms with E-state index in [4.69, 9.17) is 23.1 Å². The Morgan fingerprint density at radius 2 is 1.62 bits per heavy atom. The quantitative estimate of drug-likeness (QED) is 0.836. The van der Waals surface area contributed by atoms with Crippen molar-refractivity contribution in [1.29, 1.82) is 0 Å². The minimum atomic E-state index is -0.0766. The van der Waals surface area contributed by atoms with Crippen molar-refractivity contribution in [2.45, 2.75) is 6.04 Å². The lowest BCUT2D eigenvalue weighted by Crippen LogP contribution is -2.20. The average molecular weight is 244 g/mol. The van der Waals surface area contributed by atoms with Gasteiger partial charge >= 0.3 is 0 Å². The first kappa shape index (κ1) is 15.5. The molecule has 1 aromatic carbocycles. The first-order valence-corrected chi connectivity index (χ1v) is 3.83. The normalized spacial score (nSPS) is 11.0. The first-order chi connectivity index (χ1) is 5.24. The van der Waals surface area contributed by atoms with Crippen LogP contribution in [0.3, 0.4) is 0 Å². The Bertz CT molecular complexity index is 225. The molecule has 4 N–H and O–H groups in total. The van der Waals surface area contributed by atoms with Crippen LogP contribution in [0.25, 0.3) is 0 Å². The van der Waals surface area contributed by atoms with Gasteiger partial charge in [-0.2, -0.15) is 0 Å². The van der Waals surface area contributed by atoms with Gasteiger partial charge in [-0.15, -0.1) is 24.8 Å². The van der Waals surface area contributed by atoms with Gasteiger partial charge in [-0.3, -0.25) is 0 Å². The van der Waals surface area contributed by atoms with Crippen LogP contribution in [0.1, 0.15) is 11.6 Å². The fourth-order valence-corrected chi connectivity index (χ4v) is 0.972. The molecule has 0 amide bonds. The van der Waals surface area contributed by atoms with Crippen molar-refractivity contribution >= 4 is 36.4 Å². The van der Waals surface area contributed by atoms with Crippen molar-refractivity contribution in [1.82, 2.24) is 0 Å². The molecular weight excluding hydrogens is 230 g/mol. The van der Waals surface area contributed by atoms with Gasteiger partial charge in [0.25, 0.3) is 0 Å². The summed E-state index contributed by atoms with van der Waals surface area (Å²) in [7, 11) is 0. The minimum absolute atomic E-state index is 0. The maximum Gasteiger partial charge on any atom is 0.0419 e. The summed E-state index contributed by atoms with van der Waals surface area (Å²) < 4.78 is 0. The van der Waals surface area contributed by atoms with Gasteiger partial charge in [-0.05, 0) is 17.7 Å². The molecular formula is C8H13Cl3N2. The zero-order valence-electron chi connectivity index (χ0n) is 6.94. The highest BCUT2D eigenvalue weighted by Gasteiger charge is 2.01. The lowest BCUT2D eigenvalue weighted by molar-refractivity contribution is 0.737. The second-order valence-electron chi connectivity index (χ2n) is 2.39. The maximum absolute atomic E-state index is 5.69. The number of hydrogen-bond acceptors (Lipinski definition) is 2. The van der Waals surface area contributed by atoms with Crippen LogP contribution < -0.4 is 11.5 Å². The Balaban J connectivity index is 0. The molecule has 0 unspecified atom stereocenters. The van der Waals surface area contributed by atoms with Crippen LogP contribution in [-0.2, 0) is 0 Å². The van der Waals surface area contributed by atoms with Crippen molar-refractivity contribution in [3.63, 3.8) is 0 Å². The van der Waals surface area contributed by atoms with Gasteiger partial charge < -0.3 is 11.5 Å². The predicted octanol–water partition coefficient (Wildman–Crippen LogP) is 2.14. The van der Waals surface area contributed by atoms with Crippen molar-refractivity contribution in [2.75, 3.05) is 6.54 Å². The Kier molecular flexibility index (Phi) is 8.83. The van der Waals surface area contributed by atoms with Gasteiger partial charge in [0.05, 0.1) is 0 Å². The molecule has 1 aromatic rings. The second kappa shape index (κ2) is 7.42. The van der Waals surface area contributed by atoms with Crippen LogP contribution >= 0.6 is 36.4 Å². The highest BCUT2D eigenvalue weighted by Crippen LogP contribution is 2.13. The van der Waals surface area contributed by atoms with Gasteiger partial charge in [0.15, 0.2) is 0 Å². The van der Waals surface area contributed by atoms with E-state index in [9.17, 15) is 0 Å². The van der Waals surface area contributed by atoms with Crippen LogP contribution in [0.4, 0.5) is 0 Å². The molecule has 0 fully saturated rings. The molecule has 2 nitrogen and oxygen atoms in total. The smallest absolute Gasteiger partial charge is 0.0419 e. The Labute approximate surface area is 95.5 Å². The molecule has 1 rings (SSSR count). The highest BCUT2D eigenvalue weighted by molar-refractivity contribution is 6.30. The van der Waals surface area contributed by atoms with E-state index in [0.29, 0.717) is 6.54 Å². The van der Waals surface area contributed by atoms with Crippen molar-refractivity contribution in [3.05, 3.63) is 34.9 Å². The molecule has 0 radical (unpaired) electrons. The van der Waals surface area contributed by atoms with E-state index in [1.54, 1.807) is 0 Å². The summed E-state index contributed by atoms with van der Waals surface area (Å²) >= 11 is 5.69. The molecule has 0 aliphatic carbocycles. The molecule has 0 spiro atoms. The number of benzene rings is 1. The summed E-state index contributed by atoms with van der Waals surface area (Å²) in [5.74, 6) is 0. The van der Waals surface area contributed by atoms with E-state index in [1.165, 1.54) is 0 Å². The highest BCUT2D eigenvalue weighted by atomic mass is 35.5. The summed E-state index contributed by atoms with van der Waals surface area (Å²) in [6, 6.07) is 7.32. The summed E-state index contributed by atoms with van der Waals surface area (Å²) in [5.41, 5.74) is 12.1. The van der Waals surface area contributed by atoms with Crippen LogP contribution in [-0.4, -0.2) is 6.54 Å². The first-order valence-electron chi connectivity index (χ1n) is 3.45. The van der Waals surface area contributed by atoms with Crippen LogP contribution in [0.5, 0.6) is 0 Å². The molecule has 13 heavy (non-hydrogen) atoms. The Hall–Kier alpha value is 0.01000. The fraction of sp³-hybridized carbons (Fsp3) is 0.250. The predicted molar refractivity (Wildman–Crippen MR) is 61.9 cm³/mol. The van der Waals surface area contributed by atoms with E-state index in [2.05, 4.69) is 0 Å². The molecule has 5 heteroatoms. The van der Waals surface area contributed by atoms with Gasteiger partial charge in [-0.25, -0.2) is 0 Å². The molecule has 0 saturated carbocycles. The lowest BCUT2D eigenvalue weighted by atomic mass is 10.1. The van der Waals surface area contributed by atoms with E-state index in [1.807, 2.05) is 24.3 Å². The zero-order chi connectivity index (χ0) is 8.27. The molecule has 0 bridgehead atoms. The monoisotopic (exact) mass is 242 g/mol. The summed E-state index contributed by atoms with van der Waals surface area (Å²) in [4.78, 5) is 0. The van der Waals surface area contributed by atoms with Crippen LogP contribution in [0.2, 0.25) is 5.02 Å². The van der Waals surface area contributed by atoms with Crippen LogP contribution in [0.15, 0.2) is 24.3 Å². The SMILES string of the molecule is Cl.Cl.NC[C@@H](N)c1ccc(Cl)cc1. The van der Waals surface area contributed by atoms with Crippen molar-refractivity contribution in [3.8, 4) is 0 Å². The van der Waals surface area contributed by atoms with Crippen LogP contribution in [0, 0.1) is 0 Å². The van der Waals surface area contributed by atoms with E-state index in [0.717, 1.165) is 10.6 Å². The third kappa shape index (κ3) is 4.69. The molecule has 0 aromatic heterocycles. The van der Waals surface area contributed by atoms with E-state index >= 15 is 0 Å². The van der Waals surface area contributed by atoms with Crippen molar-refractivity contribution in [2.24, 2.45) is 11.5 Å². The third-order valence-electron chi connectivity index (χ3n) is 1.55. The van der Waals surface area contributed by atoms with Crippen molar-refractivity contribution < 1.29 is 0 Å². The molecule has 76 valence electrons. The number of hydrogen-bond donors (Lipinski definition) is 2. The lowest BCUT2D eigenvalue weighted by Gasteiger charge is -2.07. The molecule has 0 saturated heterocycles. The summed E-state index contributed by atoms with van der Waals surface area (Å²) in [6.07, 6.45) is 0. The minimum Gasteiger partial charge on any atom is -0.329 e. The Morgan fingerprint density at radius 1 is 1.15 bits per heavy atom. The average Bonchev–Trinajstić information content (AvgIpc) is 2.05. The number of rotatable bonds is 2. The molecule has 0 heterocycles. The van der Waals surface area contributed by atoms with E-state index in [-0.39, 0.29) is 30.9 Å².